The Morgan fingerprint density at radius 2 is 2.21 bits per heavy atom. The number of sulfonamides is 1. The Hall–Kier alpha value is -0.620. The van der Waals surface area contributed by atoms with Gasteiger partial charge in [-0.3, -0.25) is 4.79 Å². The Labute approximate surface area is 83.8 Å². The van der Waals surface area contributed by atoms with Crippen LogP contribution >= 0.6 is 0 Å². The van der Waals surface area contributed by atoms with Gasteiger partial charge in [0.25, 0.3) is 0 Å². The zero-order valence-electron chi connectivity index (χ0n) is 8.14. The van der Waals surface area contributed by atoms with Gasteiger partial charge in [0.1, 0.15) is 0 Å². The van der Waals surface area contributed by atoms with Crippen LogP contribution < -0.4 is 0 Å². The molecule has 0 aromatic carbocycles. The number of nitrogens with zero attached hydrogens (tertiary/aromatic N) is 1. The minimum Gasteiger partial charge on any atom is -0.481 e. The Kier molecular flexibility index (Phi) is 3.49. The zero-order chi connectivity index (χ0) is 10.8. The summed E-state index contributed by atoms with van der Waals surface area (Å²) in [4.78, 5) is 10.2. The first-order valence-corrected chi connectivity index (χ1v) is 6.22. The Morgan fingerprint density at radius 3 is 2.64 bits per heavy atom. The second-order valence-corrected chi connectivity index (χ2v) is 5.75. The molecule has 1 aliphatic heterocycles. The number of carboxylic acids is 1. The van der Waals surface area contributed by atoms with Gasteiger partial charge in [0, 0.05) is 19.5 Å². The fourth-order valence-corrected chi connectivity index (χ4v) is 3.54. The van der Waals surface area contributed by atoms with Gasteiger partial charge in [0.15, 0.2) is 0 Å². The monoisotopic (exact) mass is 221 g/mol. The molecule has 0 aromatic rings. The summed E-state index contributed by atoms with van der Waals surface area (Å²) < 4.78 is 24.2. The maximum Gasteiger partial charge on any atom is 0.303 e. The SMILES string of the molecule is CC1CN(CCCC(=O)O)S(=O)(=O)C1. The molecule has 1 aliphatic rings. The van der Waals surface area contributed by atoms with Gasteiger partial charge in [0.2, 0.25) is 10.0 Å². The largest absolute Gasteiger partial charge is 0.481 e. The van der Waals surface area contributed by atoms with E-state index in [-0.39, 0.29) is 18.1 Å². The first-order valence-electron chi connectivity index (χ1n) is 4.61. The van der Waals surface area contributed by atoms with Gasteiger partial charge in [-0.1, -0.05) is 6.92 Å². The topological polar surface area (TPSA) is 74.7 Å². The number of carbonyl (C=O) groups is 1. The molecular formula is C8H15NO4S. The highest BCUT2D eigenvalue weighted by molar-refractivity contribution is 7.89. The van der Waals surface area contributed by atoms with Crippen LogP contribution in [0.2, 0.25) is 0 Å². The molecule has 1 N–H and O–H groups in total. The number of aliphatic carboxylic acids is 1. The molecule has 0 bridgehead atoms. The van der Waals surface area contributed by atoms with Gasteiger partial charge >= 0.3 is 5.97 Å². The summed E-state index contributed by atoms with van der Waals surface area (Å²) in [5.74, 6) is -0.528. The van der Waals surface area contributed by atoms with Crippen molar-refractivity contribution in [1.29, 1.82) is 0 Å². The Morgan fingerprint density at radius 1 is 1.57 bits per heavy atom. The fraction of sp³-hybridized carbons (Fsp3) is 0.875. The van der Waals surface area contributed by atoms with Crippen LogP contribution in [0.4, 0.5) is 0 Å². The van der Waals surface area contributed by atoms with Crippen molar-refractivity contribution >= 4 is 16.0 Å². The molecule has 0 aliphatic carbocycles. The van der Waals surface area contributed by atoms with Crippen LogP contribution in [0, 0.1) is 5.92 Å². The van der Waals surface area contributed by atoms with Crippen LogP contribution in [0.15, 0.2) is 0 Å². The molecule has 82 valence electrons. The molecule has 6 heteroatoms. The highest BCUT2D eigenvalue weighted by Gasteiger charge is 2.32. The average Bonchev–Trinajstić information content (AvgIpc) is 2.24. The minimum atomic E-state index is -3.09. The molecule has 14 heavy (non-hydrogen) atoms. The third kappa shape index (κ3) is 2.95. The van der Waals surface area contributed by atoms with Crippen LogP contribution in [0.25, 0.3) is 0 Å². The summed E-state index contributed by atoms with van der Waals surface area (Å²) in [7, 11) is -3.09. The van der Waals surface area contributed by atoms with Crippen molar-refractivity contribution in [3.63, 3.8) is 0 Å². The van der Waals surface area contributed by atoms with Crippen molar-refractivity contribution in [3.05, 3.63) is 0 Å². The van der Waals surface area contributed by atoms with E-state index in [0.29, 0.717) is 19.5 Å². The third-order valence-electron chi connectivity index (χ3n) is 2.20. The normalized spacial score (nSPS) is 26.5. The molecule has 1 heterocycles. The van der Waals surface area contributed by atoms with Crippen LogP contribution in [0.3, 0.4) is 0 Å². The van der Waals surface area contributed by atoms with E-state index in [2.05, 4.69) is 0 Å². The summed E-state index contributed by atoms with van der Waals surface area (Å²) >= 11 is 0. The molecule has 0 aromatic heterocycles. The highest BCUT2D eigenvalue weighted by Crippen LogP contribution is 2.19. The molecule has 0 amide bonds. The smallest absolute Gasteiger partial charge is 0.303 e. The molecule has 0 radical (unpaired) electrons. The highest BCUT2D eigenvalue weighted by atomic mass is 32.2. The fourth-order valence-electron chi connectivity index (χ4n) is 1.62. The maximum absolute atomic E-state index is 11.4. The zero-order valence-corrected chi connectivity index (χ0v) is 8.96. The molecular weight excluding hydrogens is 206 g/mol. The van der Waals surface area contributed by atoms with Gasteiger partial charge in [-0.05, 0) is 12.3 Å². The second-order valence-electron chi connectivity index (χ2n) is 3.74. The van der Waals surface area contributed by atoms with E-state index in [1.54, 1.807) is 0 Å². The molecule has 1 atom stereocenters. The molecule has 1 saturated heterocycles. The van der Waals surface area contributed by atoms with Crippen molar-refractivity contribution in [1.82, 2.24) is 4.31 Å². The number of hydrogen-bond acceptors (Lipinski definition) is 3. The first kappa shape index (κ1) is 11.5. The molecule has 1 fully saturated rings. The van der Waals surface area contributed by atoms with E-state index in [1.165, 1.54) is 4.31 Å². The molecule has 5 nitrogen and oxygen atoms in total. The van der Waals surface area contributed by atoms with E-state index in [1.807, 2.05) is 6.92 Å². The Balaban J connectivity index is 2.42. The van der Waals surface area contributed by atoms with Crippen molar-refractivity contribution in [2.45, 2.75) is 19.8 Å². The van der Waals surface area contributed by atoms with E-state index < -0.39 is 16.0 Å². The molecule has 1 rings (SSSR count). The van der Waals surface area contributed by atoms with Gasteiger partial charge in [-0.25, -0.2) is 12.7 Å². The number of hydrogen-bond donors (Lipinski definition) is 1. The van der Waals surface area contributed by atoms with E-state index in [9.17, 15) is 13.2 Å². The quantitative estimate of drug-likeness (QED) is 0.732. The van der Waals surface area contributed by atoms with Gasteiger partial charge in [-0.15, -0.1) is 0 Å². The van der Waals surface area contributed by atoms with Gasteiger partial charge in [-0.2, -0.15) is 0 Å². The van der Waals surface area contributed by atoms with Crippen molar-refractivity contribution in [2.75, 3.05) is 18.8 Å². The molecule has 0 saturated carbocycles. The lowest BCUT2D eigenvalue weighted by atomic mass is 10.2. The van der Waals surface area contributed by atoms with Crippen LogP contribution in [0.5, 0.6) is 0 Å². The lowest BCUT2D eigenvalue weighted by Gasteiger charge is -2.12. The maximum atomic E-state index is 11.4. The summed E-state index contributed by atoms with van der Waals surface area (Å²) in [5.41, 5.74) is 0. The van der Waals surface area contributed by atoms with E-state index >= 15 is 0 Å². The summed E-state index contributed by atoms with van der Waals surface area (Å²) in [6, 6.07) is 0. The lowest BCUT2D eigenvalue weighted by molar-refractivity contribution is -0.137. The van der Waals surface area contributed by atoms with Crippen molar-refractivity contribution < 1.29 is 18.3 Å². The van der Waals surface area contributed by atoms with Crippen molar-refractivity contribution in [3.8, 4) is 0 Å². The molecule has 0 spiro atoms. The Bertz CT molecular complexity index is 311. The predicted octanol–water partition coefficient (Wildman–Crippen LogP) is 0.133. The van der Waals surface area contributed by atoms with E-state index in [0.717, 1.165) is 0 Å². The first-order chi connectivity index (χ1) is 6.42. The average molecular weight is 221 g/mol. The third-order valence-corrected chi connectivity index (χ3v) is 4.31. The van der Waals surface area contributed by atoms with Gasteiger partial charge in [0.05, 0.1) is 5.75 Å². The summed E-state index contributed by atoms with van der Waals surface area (Å²) in [5, 5.41) is 8.40. The van der Waals surface area contributed by atoms with Crippen LogP contribution in [0.1, 0.15) is 19.8 Å². The molecule has 1 unspecified atom stereocenters. The number of carboxylic acid groups (broad SMARTS) is 1. The van der Waals surface area contributed by atoms with E-state index in [4.69, 9.17) is 5.11 Å². The lowest BCUT2D eigenvalue weighted by Crippen LogP contribution is -2.27. The number of rotatable bonds is 4. The minimum absolute atomic E-state index is 0.0282. The predicted molar refractivity (Wildman–Crippen MR) is 51.4 cm³/mol. The standard InChI is InChI=1S/C8H15NO4S/c1-7-5-9(14(12,13)6-7)4-2-3-8(10)11/h7H,2-6H2,1H3,(H,10,11). The van der Waals surface area contributed by atoms with Crippen LogP contribution in [-0.4, -0.2) is 42.6 Å². The summed E-state index contributed by atoms with van der Waals surface area (Å²) in [6.45, 7) is 2.75. The van der Waals surface area contributed by atoms with Crippen LogP contribution in [-0.2, 0) is 14.8 Å². The van der Waals surface area contributed by atoms with Gasteiger partial charge < -0.3 is 5.11 Å². The van der Waals surface area contributed by atoms with Crippen molar-refractivity contribution in [2.24, 2.45) is 5.92 Å². The second kappa shape index (κ2) is 4.27. The summed E-state index contributed by atoms with van der Waals surface area (Å²) in [6.07, 6.45) is 0.418.